The average molecular weight is 1180 g/mol. The van der Waals surface area contributed by atoms with Gasteiger partial charge in [-0.05, 0) is 204 Å². The second kappa shape index (κ2) is 25.5. The average Bonchev–Trinajstić information content (AvgIpc) is 2.06. The Balaban J connectivity index is 0.527. The van der Waals surface area contributed by atoms with Crippen LogP contribution in [0.25, 0.3) is 0 Å². The van der Waals surface area contributed by atoms with Crippen LogP contribution < -0.4 is 0 Å². The highest BCUT2D eigenvalue weighted by molar-refractivity contribution is 6.08. The lowest BCUT2D eigenvalue weighted by Crippen LogP contribution is -2.46. The monoisotopic (exact) mass is 1180 g/mol. The van der Waals surface area contributed by atoms with Gasteiger partial charge in [0.05, 0.1) is 71.8 Å². The van der Waals surface area contributed by atoms with Crippen LogP contribution in [-0.4, -0.2) is 115 Å². The fourth-order valence-corrected chi connectivity index (χ4v) is 21.0. The Kier molecular flexibility index (Phi) is 17.5. The number of rotatable bonds is 9. The third kappa shape index (κ3) is 11.4. The molecule has 466 valence electrons. The molecule has 0 aromatic carbocycles. The molecular formula is C72H98N4O10. The summed E-state index contributed by atoms with van der Waals surface area (Å²) in [5.41, 5.74) is 0. The molecule has 12 unspecified atom stereocenters. The maximum Gasteiger partial charge on any atom is 0.233 e. The molecule has 0 radical (unpaired) electrons. The van der Waals surface area contributed by atoms with E-state index in [0.717, 1.165) is 128 Å². The van der Waals surface area contributed by atoms with Crippen LogP contribution in [0.1, 0.15) is 244 Å². The molecule has 14 fully saturated rings. The van der Waals surface area contributed by atoms with Crippen molar-refractivity contribution in [3.8, 4) is 23.7 Å². The second-order valence-electron chi connectivity index (χ2n) is 30.3. The lowest BCUT2D eigenvalue weighted by atomic mass is 9.60. The van der Waals surface area contributed by atoms with Gasteiger partial charge in [-0.2, -0.15) is 0 Å². The number of carbonyl (C=O) groups excluding carboxylic acids is 8. The van der Waals surface area contributed by atoms with Crippen LogP contribution in [0, 0.1) is 107 Å². The fourth-order valence-electron chi connectivity index (χ4n) is 21.0. The third-order valence-electron chi connectivity index (χ3n) is 25.5. The summed E-state index contributed by atoms with van der Waals surface area (Å²) in [6.07, 6.45) is 34.3. The normalized spacial score (nSPS) is 42.7. The van der Waals surface area contributed by atoms with Crippen molar-refractivity contribution < 1.29 is 47.8 Å². The smallest absolute Gasteiger partial charge is 0.233 e. The Morgan fingerprint density at radius 2 is 0.535 bits per heavy atom. The molecule has 14 heteroatoms. The highest BCUT2D eigenvalue weighted by Crippen LogP contribution is 2.55. The molecular weight excluding hydrogens is 1080 g/mol. The number of likely N-dealkylation sites (tertiary alicyclic amines) is 4. The maximum absolute atomic E-state index is 14.8. The Hall–Kier alpha value is -4.40. The largest absolute Gasteiger partial charge is 0.375 e. The van der Waals surface area contributed by atoms with Gasteiger partial charge in [-0.3, -0.25) is 58.0 Å². The lowest BCUT2D eigenvalue weighted by Gasteiger charge is -2.42. The van der Waals surface area contributed by atoms with Crippen molar-refractivity contribution in [1.82, 2.24) is 19.6 Å². The van der Waals surface area contributed by atoms with Gasteiger partial charge in [0, 0.05) is 47.8 Å². The van der Waals surface area contributed by atoms with Crippen LogP contribution in [0.4, 0.5) is 0 Å². The summed E-state index contributed by atoms with van der Waals surface area (Å²) in [7, 11) is 0. The van der Waals surface area contributed by atoms with E-state index in [4.69, 9.17) is 9.47 Å². The van der Waals surface area contributed by atoms with Gasteiger partial charge >= 0.3 is 0 Å². The van der Waals surface area contributed by atoms with Crippen molar-refractivity contribution in [3.05, 3.63) is 0 Å². The second-order valence-corrected chi connectivity index (χ2v) is 30.3. The number of hydrogen-bond donors (Lipinski definition) is 0. The first-order chi connectivity index (χ1) is 41.9. The molecule has 0 bridgehead atoms. The summed E-state index contributed by atoms with van der Waals surface area (Å²) in [4.78, 5) is 120. The molecule has 86 heavy (non-hydrogen) atoms. The quantitative estimate of drug-likeness (QED) is 0.160. The summed E-state index contributed by atoms with van der Waals surface area (Å²) >= 11 is 0. The number of ether oxygens (including phenoxy) is 2. The fraction of sp³-hybridized carbons (Fsp3) is 0.833. The van der Waals surface area contributed by atoms with Gasteiger partial charge in [0.15, 0.2) is 0 Å². The van der Waals surface area contributed by atoms with Crippen LogP contribution in [0.15, 0.2) is 0 Å². The van der Waals surface area contributed by atoms with Gasteiger partial charge in [0.25, 0.3) is 0 Å². The first-order valence-electron chi connectivity index (χ1n) is 35.8. The number of nitrogens with zero attached hydrogens (tertiary/aromatic N) is 4. The highest BCUT2D eigenvalue weighted by Gasteiger charge is 2.62. The standard InChI is InChI=1S/C72H98N4O10/c77-65-57-39-21-45(19-17-43-9-3-1-4-10-43)41-61(57)69(81)73(65)47-23-31-51(32-24-47)85-53-35-27-49(28-36-53)75-67(79)59-15-7-13-55(63(59)71(75)83)56-14-8-16-60-64(56)72(84)76(68(60)80)50-29-37-54(38-30-50)86-52-33-25-48(26-34-52)74-66(78)58-40-22-46(42-62(58)70(74)82)20-18-44-11-5-2-6-12-44/h43-64H,1-16,21-42H2. The minimum absolute atomic E-state index is 0.0305. The van der Waals surface area contributed by atoms with E-state index in [0.29, 0.717) is 63.2 Å². The lowest BCUT2D eigenvalue weighted by molar-refractivity contribution is -0.148. The zero-order chi connectivity index (χ0) is 58.7. The molecule has 14 rings (SSSR count). The summed E-state index contributed by atoms with van der Waals surface area (Å²) in [5, 5.41) is 0. The molecule has 0 spiro atoms. The molecule has 4 saturated heterocycles. The SMILES string of the molecule is O=C1C2CCC(C#CC3CCCCC3)CC2C(=O)N1C1CCC(OC2CCC(N3C(=O)C4CCCC(C5CCCC6C(=O)N(C7CCC(OC8CCC(N9C(=O)C%10CCC(C#CC%11CCCCC%11)CC%10C9=O)CC8)CC7)C(=O)C65)C4C3=O)CC2)CC1. The maximum atomic E-state index is 14.8. The molecule has 10 aliphatic carbocycles. The van der Waals surface area contributed by atoms with Crippen molar-refractivity contribution in [3.63, 3.8) is 0 Å². The zero-order valence-corrected chi connectivity index (χ0v) is 51.4. The molecule has 0 N–H and O–H groups in total. The van der Waals surface area contributed by atoms with E-state index in [1.165, 1.54) is 64.2 Å². The van der Waals surface area contributed by atoms with Crippen molar-refractivity contribution in [2.45, 2.75) is 293 Å². The minimum Gasteiger partial charge on any atom is -0.375 e. The first kappa shape index (κ1) is 59.2. The van der Waals surface area contributed by atoms with Gasteiger partial charge in [0.1, 0.15) is 0 Å². The van der Waals surface area contributed by atoms with Crippen molar-refractivity contribution in [2.75, 3.05) is 0 Å². The predicted molar refractivity (Wildman–Crippen MR) is 320 cm³/mol. The number of carbonyl (C=O) groups is 8. The Morgan fingerprint density at radius 1 is 0.244 bits per heavy atom. The van der Waals surface area contributed by atoms with Gasteiger partial charge in [-0.1, -0.05) is 75.0 Å². The van der Waals surface area contributed by atoms with Crippen LogP contribution in [0.3, 0.4) is 0 Å². The minimum atomic E-state index is -0.438. The third-order valence-corrected chi connectivity index (χ3v) is 25.5. The summed E-state index contributed by atoms with van der Waals surface area (Å²) in [5.74, 6) is 13.0. The summed E-state index contributed by atoms with van der Waals surface area (Å²) in [6.45, 7) is 0. The van der Waals surface area contributed by atoms with Gasteiger partial charge in [-0.15, -0.1) is 0 Å². The molecule has 8 amide bonds. The molecule has 0 aromatic heterocycles. The van der Waals surface area contributed by atoms with E-state index < -0.39 is 11.8 Å². The van der Waals surface area contributed by atoms with Crippen LogP contribution in [-0.2, 0) is 47.8 Å². The van der Waals surface area contributed by atoms with E-state index in [2.05, 4.69) is 23.7 Å². The van der Waals surface area contributed by atoms with E-state index in [-0.39, 0.29) is 155 Å². The molecule has 4 heterocycles. The van der Waals surface area contributed by atoms with Crippen molar-refractivity contribution >= 4 is 47.3 Å². The highest BCUT2D eigenvalue weighted by atomic mass is 16.5. The van der Waals surface area contributed by atoms with Gasteiger partial charge in [-0.25, -0.2) is 0 Å². The molecule has 12 atom stereocenters. The van der Waals surface area contributed by atoms with E-state index >= 15 is 0 Å². The molecule has 14 aliphatic rings. The van der Waals surface area contributed by atoms with Crippen LogP contribution in [0.5, 0.6) is 0 Å². The Labute approximate surface area is 511 Å². The number of amides is 8. The zero-order valence-electron chi connectivity index (χ0n) is 51.4. The number of hydrogen-bond acceptors (Lipinski definition) is 10. The van der Waals surface area contributed by atoms with Gasteiger partial charge < -0.3 is 9.47 Å². The summed E-state index contributed by atoms with van der Waals surface area (Å²) in [6, 6.07) is -0.456. The Bertz CT molecular complexity index is 2550. The van der Waals surface area contributed by atoms with E-state index in [1.807, 2.05) is 0 Å². The first-order valence-corrected chi connectivity index (χ1v) is 35.8. The predicted octanol–water partition coefficient (Wildman–Crippen LogP) is 11.0. The van der Waals surface area contributed by atoms with Gasteiger partial charge in [0.2, 0.25) is 47.3 Å². The van der Waals surface area contributed by atoms with Crippen molar-refractivity contribution in [2.24, 2.45) is 82.9 Å². The summed E-state index contributed by atoms with van der Waals surface area (Å²) < 4.78 is 13.5. The molecule has 10 saturated carbocycles. The molecule has 0 aromatic rings. The Morgan fingerprint density at radius 3 is 0.872 bits per heavy atom. The van der Waals surface area contributed by atoms with E-state index in [1.54, 1.807) is 19.6 Å². The molecule has 14 nitrogen and oxygen atoms in total. The number of fused-ring (bicyclic) bond motifs is 4. The van der Waals surface area contributed by atoms with Crippen molar-refractivity contribution in [1.29, 1.82) is 0 Å². The van der Waals surface area contributed by atoms with Crippen LogP contribution >= 0.6 is 0 Å². The topological polar surface area (TPSA) is 168 Å². The van der Waals surface area contributed by atoms with E-state index in [9.17, 15) is 38.4 Å². The number of imide groups is 4. The molecule has 4 aliphatic heterocycles. The van der Waals surface area contributed by atoms with Crippen LogP contribution in [0.2, 0.25) is 0 Å².